The minimum Gasteiger partial charge on any atom is -1.00 e. The SMILES string of the molecule is CCCCCC1=[C-]C(CCCCC)=C(CCCCC)C1.CCCCCC1=[C-]C(CCCCC)=C(CCCCC)C1.[Cl-].[Cl-].[Zr+4]. The van der Waals surface area contributed by atoms with Crippen molar-refractivity contribution in [2.24, 2.45) is 0 Å². The molecule has 2 aliphatic rings. The van der Waals surface area contributed by atoms with Gasteiger partial charge in [-0.1, -0.05) is 208 Å². The topological polar surface area (TPSA) is 0 Å². The summed E-state index contributed by atoms with van der Waals surface area (Å²) in [5.74, 6) is 0. The predicted octanol–water partition coefficient (Wildman–Crippen LogP) is 8.32. The summed E-state index contributed by atoms with van der Waals surface area (Å²) in [5.41, 5.74) is 9.89. The fourth-order valence-corrected chi connectivity index (χ4v) is 6.14. The van der Waals surface area contributed by atoms with Gasteiger partial charge in [-0.3, -0.25) is 0 Å². The van der Waals surface area contributed by atoms with Crippen LogP contribution in [0.4, 0.5) is 0 Å². The van der Waals surface area contributed by atoms with E-state index in [1.165, 1.54) is 167 Å². The van der Waals surface area contributed by atoms with Crippen molar-refractivity contribution in [3.8, 4) is 0 Å². The number of allylic oxidation sites excluding steroid dienone is 8. The van der Waals surface area contributed by atoms with E-state index in [1.807, 2.05) is 0 Å². The summed E-state index contributed by atoms with van der Waals surface area (Å²) >= 11 is 0. The summed E-state index contributed by atoms with van der Waals surface area (Å²) in [4.78, 5) is 0. The number of rotatable bonds is 24. The van der Waals surface area contributed by atoms with Crippen LogP contribution in [0.25, 0.3) is 0 Å². The number of unbranched alkanes of at least 4 members (excludes halogenated alkanes) is 12. The van der Waals surface area contributed by atoms with Crippen molar-refractivity contribution < 1.29 is 51.0 Å². The minimum atomic E-state index is 0. The summed E-state index contributed by atoms with van der Waals surface area (Å²) in [6.45, 7) is 13.8. The van der Waals surface area contributed by atoms with Gasteiger partial charge in [0.15, 0.2) is 0 Å². The van der Waals surface area contributed by atoms with E-state index < -0.39 is 0 Å². The van der Waals surface area contributed by atoms with Crippen molar-refractivity contribution in [1.29, 1.82) is 0 Å². The van der Waals surface area contributed by atoms with Crippen molar-refractivity contribution in [3.05, 3.63) is 45.6 Å². The standard InChI is InChI=1S/2C20H35.2ClH.Zr/c2*1-4-7-10-13-18-16-19(14-11-8-5-2)20(17-18)15-12-9-6-3;;;/h2*4-16H2,1-3H3;2*1H;/q2*-1;;;+4/p-2. The van der Waals surface area contributed by atoms with Crippen molar-refractivity contribution >= 4 is 0 Å². The van der Waals surface area contributed by atoms with E-state index in [2.05, 4.69) is 53.7 Å². The molecule has 0 fully saturated rings. The smallest absolute Gasteiger partial charge is 1.00 e. The van der Waals surface area contributed by atoms with E-state index in [4.69, 9.17) is 0 Å². The minimum absolute atomic E-state index is 0. The molecule has 0 spiro atoms. The summed E-state index contributed by atoms with van der Waals surface area (Å²) in [6, 6.07) is 0. The molecule has 43 heavy (non-hydrogen) atoms. The van der Waals surface area contributed by atoms with E-state index in [0.717, 1.165) is 0 Å². The van der Waals surface area contributed by atoms with Gasteiger partial charge in [0.25, 0.3) is 0 Å². The molecular weight excluding hydrogens is 643 g/mol. The first kappa shape index (κ1) is 47.8. The van der Waals surface area contributed by atoms with Crippen LogP contribution in [0.1, 0.15) is 208 Å². The Morgan fingerprint density at radius 2 is 0.628 bits per heavy atom. The quantitative estimate of drug-likeness (QED) is 0.0698. The first-order chi connectivity index (χ1) is 19.6. The third kappa shape index (κ3) is 23.4. The monoisotopic (exact) mass is 710 g/mol. The molecule has 2 aliphatic carbocycles. The molecule has 0 aromatic rings. The average molecular weight is 713 g/mol. The third-order valence-electron chi connectivity index (χ3n) is 8.75. The molecule has 0 saturated heterocycles. The summed E-state index contributed by atoms with van der Waals surface area (Å²) in [5, 5.41) is 0. The summed E-state index contributed by atoms with van der Waals surface area (Å²) in [6.07, 6.45) is 42.4. The maximum atomic E-state index is 3.78. The van der Waals surface area contributed by atoms with Crippen LogP contribution in [0.15, 0.2) is 33.4 Å². The van der Waals surface area contributed by atoms with Crippen LogP contribution in [0.3, 0.4) is 0 Å². The Morgan fingerprint density at radius 3 is 0.907 bits per heavy atom. The van der Waals surface area contributed by atoms with Crippen LogP contribution in [0.2, 0.25) is 0 Å². The Bertz CT molecular complexity index is 694. The molecule has 0 radical (unpaired) electrons. The van der Waals surface area contributed by atoms with Gasteiger partial charge < -0.3 is 24.8 Å². The first-order valence-corrected chi connectivity index (χ1v) is 18.3. The van der Waals surface area contributed by atoms with Gasteiger partial charge in [-0.05, 0) is 0 Å². The van der Waals surface area contributed by atoms with Gasteiger partial charge in [-0.2, -0.15) is 11.1 Å². The van der Waals surface area contributed by atoms with Crippen molar-refractivity contribution in [1.82, 2.24) is 0 Å². The molecule has 0 N–H and O–H groups in total. The van der Waals surface area contributed by atoms with Crippen molar-refractivity contribution in [2.75, 3.05) is 0 Å². The molecule has 248 valence electrons. The molecule has 0 heterocycles. The van der Waals surface area contributed by atoms with E-state index >= 15 is 0 Å². The molecule has 3 heteroatoms. The van der Waals surface area contributed by atoms with Crippen LogP contribution in [-0.2, 0) is 26.2 Å². The van der Waals surface area contributed by atoms with Crippen molar-refractivity contribution in [3.63, 3.8) is 0 Å². The fraction of sp³-hybridized carbons (Fsp3) is 0.800. The number of hydrogen-bond donors (Lipinski definition) is 0. The second-order valence-electron chi connectivity index (χ2n) is 12.7. The molecule has 0 nitrogen and oxygen atoms in total. The molecule has 0 unspecified atom stereocenters. The second-order valence-corrected chi connectivity index (χ2v) is 12.7. The summed E-state index contributed by atoms with van der Waals surface area (Å²) < 4.78 is 0. The Kier molecular flexibility index (Phi) is 37.6. The molecule has 0 aromatic heterocycles. The van der Waals surface area contributed by atoms with Crippen LogP contribution in [0.5, 0.6) is 0 Å². The largest absolute Gasteiger partial charge is 4.00 e. The van der Waals surface area contributed by atoms with Crippen LogP contribution in [0, 0.1) is 12.2 Å². The zero-order valence-electron chi connectivity index (χ0n) is 29.6. The molecule has 0 aromatic carbocycles. The van der Waals surface area contributed by atoms with Crippen LogP contribution in [-0.4, -0.2) is 0 Å². The zero-order valence-corrected chi connectivity index (χ0v) is 33.6. The maximum Gasteiger partial charge on any atom is 4.00 e. The zero-order chi connectivity index (χ0) is 29.3. The molecule has 0 bridgehead atoms. The van der Waals surface area contributed by atoms with Crippen LogP contribution < -0.4 is 24.8 Å². The van der Waals surface area contributed by atoms with Gasteiger partial charge in [0, 0.05) is 0 Å². The third-order valence-corrected chi connectivity index (χ3v) is 8.75. The number of halogens is 2. The second kappa shape index (κ2) is 33.8. The van der Waals surface area contributed by atoms with Gasteiger partial charge in [0.2, 0.25) is 0 Å². The van der Waals surface area contributed by atoms with E-state index in [0.29, 0.717) is 0 Å². The molecule has 0 atom stereocenters. The Morgan fingerprint density at radius 1 is 0.372 bits per heavy atom. The molecule has 0 saturated carbocycles. The van der Waals surface area contributed by atoms with Gasteiger partial charge in [0.1, 0.15) is 0 Å². The number of hydrogen-bond acceptors (Lipinski definition) is 0. The summed E-state index contributed by atoms with van der Waals surface area (Å²) in [7, 11) is 0. The Labute approximate surface area is 303 Å². The van der Waals surface area contributed by atoms with E-state index in [9.17, 15) is 0 Å². The maximum absolute atomic E-state index is 3.78. The van der Waals surface area contributed by atoms with Crippen LogP contribution >= 0.6 is 0 Å². The predicted molar refractivity (Wildman–Crippen MR) is 182 cm³/mol. The van der Waals surface area contributed by atoms with Gasteiger partial charge in [0.05, 0.1) is 0 Å². The Hall–Kier alpha value is 0.423. The Balaban J connectivity index is -0.000000696. The first-order valence-electron chi connectivity index (χ1n) is 18.3. The average Bonchev–Trinajstić information content (AvgIpc) is 3.53. The fourth-order valence-electron chi connectivity index (χ4n) is 6.14. The van der Waals surface area contributed by atoms with E-state index in [-0.39, 0.29) is 51.0 Å². The normalized spacial score (nSPS) is 14.0. The molecule has 0 aliphatic heterocycles. The molecular formula is C40H70Cl2Zr. The van der Waals surface area contributed by atoms with Gasteiger partial charge in [-0.25, -0.2) is 34.4 Å². The van der Waals surface area contributed by atoms with Crippen molar-refractivity contribution in [2.45, 2.75) is 208 Å². The molecule has 2 rings (SSSR count). The molecule has 0 amide bonds. The van der Waals surface area contributed by atoms with E-state index in [1.54, 1.807) is 33.4 Å². The van der Waals surface area contributed by atoms with Gasteiger partial charge in [-0.15, -0.1) is 0 Å². The van der Waals surface area contributed by atoms with Gasteiger partial charge >= 0.3 is 26.2 Å².